The van der Waals surface area contributed by atoms with Crippen molar-refractivity contribution in [2.45, 2.75) is 49.8 Å². The van der Waals surface area contributed by atoms with Gasteiger partial charge >= 0.3 is 6.18 Å². The van der Waals surface area contributed by atoms with E-state index >= 15 is 0 Å². The Hall–Kier alpha value is -3.06. The Labute approximate surface area is 195 Å². The fraction of sp³-hybridized carbons (Fsp3) is 0.476. The number of anilines is 2. The Balaban J connectivity index is 1.49. The number of rotatable bonds is 4. The number of benzene rings is 1. The van der Waals surface area contributed by atoms with E-state index in [9.17, 15) is 22.8 Å². The van der Waals surface area contributed by atoms with Crippen molar-refractivity contribution in [3.05, 3.63) is 40.2 Å². The fourth-order valence-corrected chi connectivity index (χ4v) is 5.69. The normalized spacial score (nSPS) is 25.1. The summed E-state index contributed by atoms with van der Waals surface area (Å²) < 4.78 is 57.7. The van der Waals surface area contributed by atoms with Crippen LogP contribution in [0.3, 0.4) is 0 Å². The predicted octanol–water partition coefficient (Wildman–Crippen LogP) is 2.31. The summed E-state index contributed by atoms with van der Waals surface area (Å²) in [6.45, 7) is 0.865. The number of alkyl halides is 3. The first-order valence-electron chi connectivity index (χ1n) is 10.9. The molecule has 3 aromatic rings. The molecule has 2 aromatic heterocycles. The lowest BCUT2D eigenvalue weighted by molar-refractivity contribution is -0.154. The maximum absolute atomic E-state index is 14.2. The first-order valence-corrected chi connectivity index (χ1v) is 11.6. The van der Waals surface area contributed by atoms with Crippen LogP contribution in [-0.4, -0.2) is 62.1 Å². The van der Waals surface area contributed by atoms with Crippen LogP contribution in [0.2, 0.25) is 0 Å². The molecule has 0 aliphatic carbocycles. The molecule has 1 unspecified atom stereocenters. The fourth-order valence-electron chi connectivity index (χ4n) is 5.17. The van der Waals surface area contributed by atoms with Crippen molar-refractivity contribution >= 4 is 40.8 Å². The first-order chi connectivity index (χ1) is 16.3. The SMILES string of the molecule is O=CC(c1ccc2nsnc2c1)N1c2nc(N3C[C@H]4C[C@H]3CO4)cc(=O)n2CC[C@H]1C(F)(F)F. The zero-order valence-corrected chi connectivity index (χ0v) is 18.5. The Morgan fingerprint density at radius 3 is 2.74 bits per heavy atom. The molecular weight excluding hydrogens is 473 g/mol. The van der Waals surface area contributed by atoms with E-state index in [1.54, 1.807) is 18.2 Å². The zero-order valence-electron chi connectivity index (χ0n) is 17.7. The highest BCUT2D eigenvalue weighted by molar-refractivity contribution is 7.00. The summed E-state index contributed by atoms with van der Waals surface area (Å²) >= 11 is 0.978. The van der Waals surface area contributed by atoms with Gasteiger partial charge in [-0.1, -0.05) is 6.07 Å². The lowest BCUT2D eigenvalue weighted by Crippen LogP contribution is -2.54. The number of carbonyl (C=O) groups excluding carboxylic acids is 1. The molecule has 0 saturated carbocycles. The molecule has 2 bridgehead atoms. The van der Waals surface area contributed by atoms with Gasteiger partial charge in [0.1, 0.15) is 35.2 Å². The van der Waals surface area contributed by atoms with Gasteiger partial charge in [-0.15, -0.1) is 0 Å². The van der Waals surface area contributed by atoms with Crippen LogP contribution < -0.4 is 15.4 Å². The molecule has 0 amide bonds. The number of aldehydes is 1. The minimum atomic E-state index is -4.63. The van der Waals surface area contributed by atoms with Crippen LogP contribution >= 0.6 is 11.7 Å². The molecule has 0 N–H and O–H groups in total. The molecule has 4 atom stereocenters. The van der Waals surface area contributed by atoms with Gasteiger partial charge in [0.2, 0.25) is 5.95 Å². The smallest absolute Gasteiger partial charge is 0.374 e. The number of fused-ring (bicyclic) bond motifs is 4. The molecular formula is C21H19F3N6O3S. The van der Waals surface area contributed by atoms with Gasteiger partial charge in [-0.25, -0.2) is 0 Å². The van der Waals surface area contributed by atoms with E-state index in [0.717, 1.165) is 23.0 Å². The van der Waals surface area contributed by atoms with Crippen LogP contribution in [0.25, 0.3) is 11.0 Å². The second-order valence-electron chi connectivity index (χ2n) is 8.75. The van der Waals surface area contributed by atoms with Crippen molar-refractivity contribution < 1.29 is 22.7 Å². The summed E-state index contributed by atoms with van der Waals surface area (Å²) in [5, 5.41) is 0. The average Bonchev–Trinajstić information content (AvgIpc) is 3.56. The summed E-state index contributed by atoms with van der Waals surface area (Å²) in [7, 11) is 0. The average molecular weight is 492 g/mol. The van der Waals surface area contributed by atoms with Crippen LogP contribution in [-0.2, 0) is 16.1 Å². The van der Waals surface area contributed by atoms with Crippen molar-refractivity contribution in [1.82, 2.24) is 18.3 Å². The zero-order chi connectivity index (χ0) is 23.6. The third-order valence-electron chi connectivity index (χ3n) is 6.79. The molecule has 34 heavy (non-hydrogen) atoms. The molecule has 1 aromatic carbocycles. The molecule has 0 spiro atoms. The number of nitrogens with zero attached hydrogens (tertiary/aromatic N) is 6. The van der Waals surface area contributed by atoms with Gasteiger partial charge in [-0.3, -0.25) is 9.36 Å². The van der Waals surface area contributed by atoms with E-state index in [2.05, 4.69) is 13.7 Å². The van der Waals surface area contributed by atoms with E-state index in [1.165, 1.54) is 10.6 Å². The van der Waals surface area contributed by atoms with Gasteiger partial charge < -0.3 is 19.3 Å². The Morgan fingerprint density at radius 1 is 1.21 bits per heavy atom. The number of halogens is 3. The number of hydrogen-bond donors (Lipinski definition) is 0. The highest BCUT2D eigenvalue weighted by atomic mass is 32.1. The summed E-state index contributed by atoms with van der Waals surface area (Å²) in [6.07, 6.45) is -3.74. The summed E-state index contributed by atoms with van der Waals surface area (Å²) in [6, 6.07) is 2.83. The highest BCUT2D eigenvalue weighted by Gasteiger charge is 2.50. The Kier molecular flexibility index (Phi) is 4.88. The maximum atomic E-state index is 14.2. The van der Waals surface area contributed by atoms with E-state index < -0.39 is 23.8 Å². The number of ether oxygens (including phenoxy) is 1. The highest BCUT2D eigenvalue weighted by Crippen LogP contribution is 2.40. The number of hydrogen-bond acceptors (Lipinski definition) is 9. The third kappa shape index (κ3) is 3.36. The van der Waals surface area contributed by atoms with Gasteiger partial charge in [0.15, 0.2) is 0 Å². The van der Waals surface area contributed by atoms with Crippen molar-refractivity contribution in [3.63, 3.8) is 0 Å². The van der Waals surface area contributed by atoms with Crippen LogP contribution in [0.4, 0.5) is 24.9 Å². The molecule has 2 saturated heterocycles. The van der Waals surface area contributed by atoms with E-state index in [-0.39, 0.29) is 31.1 Å². The minimum Gasteiger partial charge on any atom is -0.374 e. The quantitative estimate of drug-likeness (QED) is 0.513. The standard InChI is InChI=1S/C21H19F3N6O3S/c22-21(23,24)17-3-4-28-19(32)7-18(29-8-13-6-12(29)10-33-13)25-20(28)30(17)16(9-31)11-1-2-14-15(5-11)27-34-26-14/h1-2,5,7,9,12-13,16-17H,3-4,6,8,10H2/t12-,13+,16?,17-/m0/s1. The molecule has 5 heterocycles. The molecule has 3 aliphatic heterocycles. The van der Waals surface area contributed by atoms with Gasteiger partial charge in [-0.2, -0.15) is 26.9 Å². The molecule has 2 fully saturated rings. The lowest BCUT2D eigenvalue weighted by Gasteiger charge is -2.42. The second kappa shape index (κ2) is 7.73. The van der Waals surface area contributed by atoms with Gasteiger partial charge in [-0.05, 0) is 30.5 Å². The molecule has 178 valence electrons. The monoisotopic (exact) mass is 492 g/mol. The van der Waals surface area contributed by atoms with E-state index in [4.69, 9.17) is 4.74 Å². The Morgan fingerprint density at radius 2 is 2.03 bits per heavy atom. The molecule has 0 radical (unpaired) electrons. The predicted molar refractivity (Wildman–Crippen MR) is 117 cm³/mol. The topological polar surface area (TPSA) is 93.5 Å². The van der Waals surface area contributed by atoms with Crippen LogP contribution in [0, 0.1) is 0 Å². The second-order valence-corrected chi connectivity index (χ2v) is 9.28. The molecule has 13 heteroatoms. The van der Waals surface area contributed by atoms with Crippen LogP contribution in [0.1, 0.15) is 24.4 Å². The summed E-state index contributed by atoms with van der Waals surface area (Å²) in [4.78, 5) is 32.7. The third-order valence-corrected chi connectivity index (χ3v) is 7.34. The van der Waals surface area contributed by atoms with Crippen molar-refractivity contribution in [2.75, 3.05) is 23.0 Å². The molecule has 6 rings (SSSR count). The molecule has 9 nitrogen and oxygen atoms in total. The van der Waals surface area contributed by atoms with Crippen molar-refractivity contribution in [3.8, 4) is 0 Å². The maximum Gasteiger partial charge on any atom is 0.408 e. The van der Waals surface area contributed by atoms with Gasteiger partial charge in [0, 0.05) is 19.2 Å². The van der Waals surface area contributed by atoms with E-state index in [1.807, 2.05) is 4.90 Å². The van der Waals surface area contributed by atoms with Gasteiger partial charge in [0.05, 0.1) is 30.5 Å². The Bertz CT molecular complexity index is 1330. The van der Waals surface area contributed by atoms with Crippen LogP contribution in [0.5, 0.6) is 0 Å². The molecule has 3 aliphatic rings. The van der Waals surface area contributed by atoms with Crippen molar-refractivity contribution in [2.24, 2.45) is 0 Å². The first kappa shape index (κ1) is 21.5. The van der Waals surface area contributed by atoms with Crippen molar-refractivity contribution in [1.29, 1.82) is 0 Å². The largest absolute Gasteiger partial charge is 0.408 e. The minimum absolute atomic E-state index is 0.0192. The lowest BCUT2D eigenvalue weighted by atomic mass is 10.0. The number of aromatic nitrogens is 4. The summed E-state index contributed by atoms with van der Waals surface area (Å²) in [5.74, 6) is 0.150. The van der Waals surface area contributed by atoms with E-state index in [0.29, 0.717) is 41.9 Å². The number of morpholine rings is 1. The number of carbonyl (C=O) groups is 1. The summed E-state index contributed by atoms with van der Waals surface area (Å²) in [5.41, 5.74) is 0.958. The van der Waals surface area contributed by atoms with Crippen LogP contribution in [0.15, 0.2) is 29.1 Å². The van der Waals surface area contributed by atoms with Gasteiger partial charge in [0.25, 0.3) is 5.56 Å².